The lowest BCUT2D eigenvalue weighted by atomic mass is 10.0. The number of nitrogens with zero attached hydrogens (tertiary/aromatic N) is 2. The minimum absolute atomic E-state index is 0.264. The van der Waals surface area contributed by atoms with E-state index in [1.807, 2.05) is 19.1 Å². The Morgan fingerprint density at radius 3 is 2.50 bits per heavy atom. The van der Waals surface area contributed by atoms with Crippen LogP contribution >= 0.6 is 11.8 Å². The molecule has 4 N–H and O–H groups in total. The van der Waals surface area contributed by atoms with Crippen molar-refractivity contribution in [3.05, 3.63) is 59.4 Å². The van der Waals surface area contributed by atoms with E-state index in [1.54, 1.807) is 24.3 Å². The fourth-order valence-corrected chi connectivity index (χ4v) is 3.34. The fraction of sp³-hybridized carbons (Fsp3) is 0.235. The second kappa shape index (κ2) is 8.14. The van der Waals surface area contributed by atoms with Gasteiger partial charge in [-0.15, -0.1) is 11.8 Å². The molecule has 0 radical (unpaired) electrons. The smallest absolute Gasteiger partial charge is 0.264 e. The molecule has 0 atom stereocenters. The monoisotopic (exact) mass is 348 g/mol. The predicted octanol–water partition coefficient (Wildman–Crippen LogP) is 3.29. The molecule has 0 heterocycles. The molecule has 0 saturated heterocycles. The largest absolute Gasteiger partial charge is 0.352 e. The highest BCUT2D eigenvalue weighted by molar-refractivity contribution is 7.98. The molecule has 5 nitrogen and oxygen atoms in total. The summed E-state index contributed by atoms with van der Waals surface area (Å²) in [7, 11) is 1.43. The zero-order chi connectivity index (χ0) is 17.7. The summed E-state index contributed by atoms with van der Waals surface area (Å²) < 4.78 is 13.8. The molecule has 0 aromatic heterocycles. The molecule has 0 aliphatic carbocycles. The van der Waals surface area contributed by atoms with E-state index in [1.165, 1.54) is 24.9 Å². The molecule has 0 saturated carbocycles. The maximum atomic E-state index is 13.8. The number of anilines is 1. The van der Waals surface area contributed by atoms with Crippen LogP contribution in [0.4, 0.5) is 14.9 Å². The van der Waals surface area contributed by atoms with Gasteiger partial charge in [0.1, 0.15) is 5.82 Å². The molecule has 0 fully saturated rings. The average Bonchev–Trinajstić information content (AvgIpc) is 2.59. The molecule has 0 aliphatic heterocycles. The zero-order valence-corrected chi connectivity index (χ0v) is 14.5. The van der Waals surface area contributed by atoms with Crippen LogP contribution in [0.25, 0.3) is 0 Å². The van der Waals surface area contributed by atoms with Crippen LogP contribution in [0.1, 0.15) is 18.1 Å². The molecule has 2 rings (SSSR count). The summed E-state index contributed by atoms with van der Waals surface area (Å²) in [4.78, 5) is 12.6. The lowest BCUT2D eigenvalue weighted by molar-refractivity contribution is 0.216. The summed E-state index contributed by atoms with van der Waals surface area (Å²) in [6.45, 7) is 2.02. The quantitative estimate of drug-likeness (QED) is 0.376. The summed E-state index contributed by atoms with van der Waals surface area (Å²) in [5.41, 5.74) is 2.52. The molecule has 2 amide bonds. The minimum atomic E-state index is -0.527. The molecule has 128 valence electrons. The Labute approximate surface area is 145 Å². The van der Waals surface area contributed by atoms with Crippen molar-refractivity contribution in [2.24, 2.45) is 11.7 Å². The third-order valence-corrected chi connectivity index (χ3v) is 4.68. The molecular weight excluding hydrogens is 327 g/mol. The van der Waals surface area contributed by atoms with Gasteiger partial charge >= 0.3 is 6.03 Å². The average molecular weight is 348 g/mol. The Morgan fingerprint density at radius 2 is 1.88 bits per heavy atom. The van der Waals surface area contributed by atoms with Gasteiger partial charge in [0.05, 0.1) is 5.69 Å². The van der Waals surface area contributed by atoms with E-state index in [9.17, 15) is 9.18 Å². The number of thioether (sulfide) groups is 1. The minimum Gasteiger partial charge on any atom is -0.264 e. The molecule has 2 aromatic carbocycles. The van der Waals surface area contributed by atoms with Crippen LogP contribution in [0.15, 0.2) is 47.4 Å². The first-order chi connectivity index (χ1) is 11.5. The molecule has 7 heteroatoms. The highest BCUT2D eigenvalue weighted by Crippen LogP contribution is 2.32. The van der Waals surface area contributed by atoms with Gasteiger partial charge in [-0.05, 0) is 35.7 Å². The van der Waals surface area contributed by atoms with Crippen LogP contribution in [-0.4, -0.2) is 18.1 Å². The zero-order valence-electron chi connectivity index (χ0n) is 13.7. The van der Waals surface area contributed by atoms with Gasteiger partial charge in [-0.2, -0.15) is 0 Å². The second-order valence-electron chi connectivity index (χ2n) is 5.25. The Balaban J connectivity index is 2.33. The number of urea groups is 1. The van der Waals surface area contributed by atoms with E-state index in [4.69, 9.17) is 11.7 Å². The number of hydrogen-bond donors (Lipinski definition) is 2. The number of halogens is 1. The van der Waals surface area contributed by atoms with Crippen molar-refractivity contribution >= 4 is 23.5 Å². The SMILES string of the molecule is CCc1cccc(N(N)C(=O)N(C)N)c1CSc1ccccc1F. The Hall–Kier alpha value is -2.09. The van der Waals surface area contributed by atoms with Gasteiger partial charge in [0.2, 0.25) is 0 Å². The first-order valence-corrected chi connectivity index (χ1v) is 8.49. The lowest BCUT2D eigenvalue weighted by Gasteiger charge is -2.24. The van der Waals surface area contributed by atoms with Crippen LogP contribution in [0, 0.1) is 5.82 Å². The van der Waals surface area contributed by atoms with Crippen LogP contribution in [-0.2, 0) is 12.2 Å². The number of benzene rings is 2. The van der Waals surface area contributed by atoms with E-state index in [0.717, 1.165) is 27.6 Å². The standard InChI is InChI=1S/C17H21FN4OS/c1-3-12-7-6-9-15(22(20)17(23)21(2)19)13(12)11-24-16-10-5-4-8-14(16)18/h4-10H,3,11,19-20H2,1-2H3. The first kappa shape index (κ1) is 18.3. The van der Waals surface area contributed by atoms with Crippen molar-refractivity contribution in [3.63, 3.8) is 0 Å². The summed E-state index contributed by atoms with van der Waals surface area (Å²) in [6, 6.07) is 11.7. The molecule has 24 heavy (non-hydrogen) atoms. The summed E-state index contributed by atoms with van der Waals surface area (Å²) in [5, 5.41) is 1.95. The van der Waals surface area contributed by atoms with E-state index in [-0.39, 0.29) is 5.82 Å². The van der Waals surface area contributed by atoms with Gasteiger partial charge in [-0.1, -0.05) is 31.2 Å². The van der Waals surface area contributed by atoms with Crippen molar-refractivity contribution in [2.45, 2.75) is 24.0 Å². The second-order valence-corrected chi connectivity index (χ2v) is 6.27. The van der Waals surface area contributed by atoms with E-state index in [2.05, 4.69) is 0 Å². The maximum Gasteiger partial charge on any atom is 0.352 e. The Kier molecular flexibility index (Phi) is 6.19. The van der Waals surface area contributed by atoms with Gasteiger partial charge < -0.3 is 0 Å². The van der Waals surface area contributed by atoms with Crippen molar-refractivity contribution in [2.75, 3.05) is 12.1 Å². The van der Waals surface area contributed by atoms with E-state index >= 15 is 0 Å². The van der Waals surface area contributed by atoms with Crippen LogP contribution in [0.3, 0.4) is 0 Å². The highest BCUT2D eigenvalue weighted by Gasteiger charge is 2.19. The van der Waals surface area contributed by atoms with Crippen LogP contribution < -0.4 is 16.7 Å². The number of carbonyl (C=O) groups is 1. The number of rotatable bonds is 5. The van der Waals surface area contributed by atoms with Crippen LogP contribution in [0.2, 0.25) is 0 Å². The molecular formula is C17H21FN4OS. The lowest BCUT2D eigenvalue weighted by Crippen LogP contribution is -2.49. The number of carbonyl (C=O) groups excluding carboxylic acids is 1. The Bertz CT molecular complexity index is 723. The Morgan fingerprint density at radius 1 is 1.17 bits per heavy atom. The predicted molar refractivity (Wildman–Crippen MR) is 95.8 cm³/mol. The fourth-order valence-electron chi connectivity index (χ4n) is 2.33. The van der Waals surface area contributed by atoms with Gasteiger partial charge in [0.15, 0.2) is 0 Å². The first-order valence-electron chi connectivity index (χ1n) is 7.51. The summed E-state index contributed by atoms with van der Waals surface area (Å²) in [5.74, 6) is 11.7. The highest BCUT2D eigenvalue weighted by atomic mass is 32.2. The van der Waals surface area contributed by atoms with Gasteiger partial charge in [0, 0.05) is 17.7 Å². The van der Waals surface area contributed by atoms with Crippen molar-refractivity contribution in [3.8, 4) is 0 Å². The number of amides is 2. The molecule has 0 bridgehead atoms. The number of nitrogens with two attached hydrogens (primary N) is 2. The number of hydrazine groups is 2. The van der Waals surface area contributed by atoms with Crippen molar-refractivity contribution in [1.29, 1.82) is 0 Å². The van der Waals surface area contributed by atoms with Crippen molar-refractivity contribution < 1.29 is 9.18 Å². The topological polar surface area (TPSA) is 75.6 Å². The third-order valence-electron chi connectivity index (χ3n) is 3.61. The number of aryl methyl sites for hydroxylation is 1. The number of hydrogen-bond acceptors (Lipinski definition) is 4. The summed E-state index contributed by atoms with van der Waals surface area (Å²) >= 11 is 1.37. The molecule has 0 aliphatic rings. The molecule has 0 spiro atoms. The van der Waals surface area contributed by atoms with Gasteiger partial charge in [0.25, 0.3) is 0 Å². The molecule has 2 aromatic rings. The van der Waals surface area contributed by atoms with E-state index < -0.39 is 6.03 Å². The summed E-state index contributed by atoms with van der Waals surface area (Å²) in [6.07, 6.45) is 0.779. The molecule has 0 unspecified atom stereocenters. The van der Waals surface area contributed by atoms with E-state index in [0.29, 0.717) is 16.3 Å². The normalized spacial score (nSPS) is 10.5. The third kappa shape index (κ3) is 4.05. The van der Waals surface area contributed by atoms with Gasteiger partial charge in [-0.3, -0.25) is 5.01 Å². The van der Waals surface area contributed by atoms with Crippen molar-refractivity contribution in [1.82, 2.24) is 5.01 Å². The maximum absolute atomic E-state index is 13.8. The van der Waals surface area contributed by atoms with Gasteiger partial charge in [-0.25, -0.2) is 25.9 Å². The van der Waals surface area contributed by atoms with Crippen LogP contribution in [0.5, 0.6) is 0 Å².